The summed E-state index contributed by atoms with van der Waals surface area (Å²) in [6.45, 7) is 9.61. The number of nitrogens with one attached hydrogen (secondary N) is 2. The topological polar surface area (TPSA) is 121 Å². The maximum absolute atomic E-state index is 13.6. The number of nitrogens with zero attached hydrogens (tertiary/aromatic N) is 2. The molecule has 2 unspecified atom stereocenters. The van der Waals surface area contributed by atoms with Crippen molar-refractivity contribution < 1.29 is 24.2 Å². The van der Waals surface area contributed by atoms with Gasteiger partial charge in [0, 0.05) is 18.3 Å². The fourth-order valence-electron chi connectivity index (χ4n) is 4.44. The van der Waals surface area contributed by atoms with Crippen LogP contribution in [0.1, 0.15) is 51.4 Å². The molecule has 0 bridgehead atoms. The van der Waals surface area contributed by atoms with E-state index < -0.39 is 35.4 Å². The van der Waals surface area contributed by atoms with E-state index in [1.54, 1.807) is 11.3 Å². The molecular formula is C27H37BrN4O5S. The Morgan fingerprint density at radius 2 is 1.92 bits per heavy atom. The minimum atomic E-state index is -0.886. The SMILES string of the molecule is Cc1ncsc1-c1ccc(C(C)NC(=O)[C@@H]2C[C@@H](O)CN2C(=O)C(NC(=O)COCCBr)C(C)(C)C)cc1. The van der Waals surface area contributed by atoms with Crippen LogP contribution in [0.25, 0.3) is 10.4 Å². The number of hydrogen-bond donors (Lipinski definition) is 3. The molecule has 3 amide bonds. The number of halogens is 1. The van der Waals surface area contributed by atoms with E-state index in [4.69, 9.17) is 4.74 Å². The molecule has 1 aromatic carbocycles. The largest absolute Gasteiger partial charge is 0.391 e. The van der Waals surface area contributed by atoms with Gasteiger partial charge in [-0.15, -0.1) is 11.3 Å². The standard InChI is InChI=1S/C27H37BrN4O5S/c1-16(18-6-8-19(9-7-18)23-17(2)29-15-38-23)30-25(35)21-12-20(33)13-32(21)26(36)24(27(3,4)5)31-22(34)14-37-11-10-28/h6-9,15-16,20-21,24,33H,10-14H2,1-5H3,(H,30,35)(H,31,34)/t16?,20-,21+,24?/m1/s1. The van der Waals surface area contributed by atoms with E-state index in [0.29, 0.717) is 11.9 Å². The number of aliphatic hydroxyl groups is 1. The lowest BCUT2D eigenvalue weighted by Gasteiger charge is -2.35. The maximum Gasteiger partial charge on any atom is 0.246 e. The molecule has 1 aromatic heterocycles. The molecule has 3 N–H and O–H groups in total. The zero-order chi connectivity index (χ0) is 28.0. The number of alkyl halides is 1. The number of thiazole rings is 1. The van der Waals surface area contributed by atoms with Crippen LogP contribution in [-0.4, -0.2) is 76.0 Å². The van der Waals surface area contributed by atoms with Gasteiger partial charge in [0.15, 0.2) is 0 Å². The molecule has 11 heteroatoms. The van der Waals surface area contributed by atoms with Gasteiger partial charge in [-0.1, -0.05) is 61.0 Å². The number of β-amino-alcohol motifs (C(OH)–C–C–N with tert-alkyl or cyclic N) is 1. The first-order valence-electron chi connectivity index (χ1n) is 12.6. The van der Waals surface area contributed by atoms with Gasteiger partial charge in [-0.05, 0) is 30.4 Å². The van der Waals surface area contributed by atoms with E-state index in [2.05, 4.69) is 31.5 Å². The molecule has 2 heterocycles. The first kappa shape index (κ1) is 30.2. The van der Waals surface area contributed by atoms with Crippen molar-refractivity contribution in [2.24, 2.45) is 5.41 Å². The third-order valence-electron chi connectivity index (χ3n) is 6.51. The number of amides is 3. The highest BCUT2D eigenvalue weighted by atomic mass is 79.9. The van der Waals surface area contributed by atoms with E-state index in [-0.39, 0.29) is 31.5 Å². The van der Waals surface area contributed by atoms with Crippen LogP contribution in [0, 0.1) is 12.3 Å². The maximum atomic E-state index is 13.6. The number of carbonyl (C=O) groups is 3. The monoisotopic (exact) mass is 608 g/mol. The Morgan fingerprint density at radius 1 is 1.24 bits per heavy atom. The summed E-state index contributed by atoms with van der Waals surface area (Å²) in [6, 6.07) is 5.91. The minimum absolute atomic E-state index is 0.0245. The lowest BCUT2D eigenvalue weighted by atomic mass is 9.85. The molecule has 2 aromatic rings. The second-order valence-electron chi connectivity index (χ2n) is 10.6. The molecule has 0 spiro atoms. The van der Waals surface area contributed by atoms with Crippen LogP contribution in [0.4, 0.5) is 0 Å². The van der Waals surface area contributed by atoms with Gasteiger partial charge in [-0.3, -0.25) is 14.4 Å². The molecule has 4 atom stereocenters. The van der Waals surface area contributed by atoms with Crippen molar-refractivity contribution in [3.05, 3.63) is 41.0 Å². The molecule has 38 heavy (non-hydrogen) atoms. The number of benzene rings is 1. The van der Waals surface area contributed by atoms with Crippen molar-refractivity contribution in [1.29, 1.82) is 0 Å². The fraction of sp³-hybridized carbons (Fsp3) is 0.556. The van der Waals surface area contributed by atoms with Crippen molar-refractivity contribution in [1.82, 2.24) is 20.5 Å². The van der Waals surface area contributed by atoms with Crippen molar-refractivity contribution >= 4 is 45.0 Å². The molecule has 0 radical (unpaired) electrons. The molecule has 208 valence electrons. The van der Waals surface area contributed by atoms with Crippen LogP contribution in [0.3, 0.4) is 0 Å². The number of likely N-dealkylation sites (tertiary alicyclic amines) is 1. The van der Waals surface area contributed by atoms with E-state index in [9.17, 15) is 19.5 Å². The number of rotatable bonds is 10. The van der Waals surface area contributed by atoms with E-state index >= 15 is 0 Å². The van der Waals surface area contributed by atoms with Crippen molar-refractivity contribution in [3.8, 4) is 10.4 Å². The van der Waals surface area contributed by atoms with Crippen LogP contribution in [0.2, 0.25) is 0 Å². The normalized spacial score (nSPS) is 19.2. The van der Waals surface area contributed by atoms with Crippen molar-refractivity contribution in [2.45, 2.75) is 65.3 Å². The minimum Gasteiger partial charge on any atom is -0.391 e. The summed E-state index contributed by atoms with van der Waals surface area (Å²) >= 11 is 4.82. The predicted molar refractivity (Wildman–Crippen MR) is 151 cm³/mol. The fourth-order valence-corrected chi connectivity index (χ4v) is 5.48. The molecular weight excluding hydrogens is 572 g/mol. The summed E-state index contributed by atoms with van der Waals surface area (Å²) in [4.78, 5) is 46.2. The Labute approximate surface area is 236 Å². The van der Waals surface area contributed by atoms with Crippen LogP contribution >= 0.6 is 27.3 Å². The predicted octanol–water partition coefficient (Wildman–Crippen LogP) is 3.20. The van der Waals surface area contributed by atoms with Gasteiger partial charge < -0.3 is 25.4 Å². The smallest absolute Gasteiger partial charge is 0.246 e. The zero-order valence-electron chi connectivity index (χ0n) is 22.5. The Balaban J connectivity index is 1.69. The zero-order valence-corrected chi connectivity index (χ0v) is 24.9. The van der Waals surface area contributed by atoms with Crippen LogP contribution in [-0.2, 0) is 19.1 Å². The van der Waals surface area contributed by atoms with Crippen LogP contribution in [0.15, 0.2) is 29.8 Å². The average Bonchev–Trinajstić information content (AvgIpc) is 3.47. The average molecular weight is 610 g/mol. The molecule has 3 rings (SSSR count). The second-order valence-corrected chi connectivity index (χ2v) is 12.3. The first-order valence-corrected chi connectivity index (χ1v) is 14.6. The number of ether oxygens (including phenoxy) is 1. The summed E-state index contributed by atoms with van der Waals surface area (Å²) < 4.78 is 5.27. The third kappa shape index (κ3) is 7.62. The molecule has 1 fully saturated rings. The van der Waals surface area contributed by atoms with Gasteiger partial charge in [-0.25, -0.2) is 4.98 Å². The Morgan fingerprint density at radius 3 is 2.50 bits per heavy atom. The van der Waals surface area contributed by atoms with E-state index in [1.807, 2.05) is 64.4 Å². The van der Waals surface area contributed by atoms with Gasteiger partial charge in [0.05, 0.1) is 34.8 Å². The van der Waals surface area contributed by atoms with Gasteiger partial charge >= 0.3 is 0 Å². The summed E-state index contributed by atoms with van der Waals surface area (Å²) in [5.74, 6) is -1.16. The summed E-state index contributed by atoms with van der Waals surface area (Å²) in [5.41, 5.74) is 4.16. The first-order chi connectivity index (χ1) is 17.9. The molecule has 1 saturated heterocycles. The molecule has 0 aliphatic carbocycles. The number of aryl methyl sites for hydroxylation is 1. The molecule has 0 saturated carbocycles. The van der Waals surface area contributed by atoms with Gasteiger partial charge in [0.2, 0.25) is 17.7 Å². The van der Waals surface area contributed by atoms with E-state index in [0.717, 1.165) is 21.7 Å². The van der Waals surface area contributed by atoms with E-state index in [1.165, 1.54) is 4.90 Å². The van der Waals surface area contributed by atoms with Crippen LogP contribution < -0.4 is 10.6 Å². The Bertz CT molecular complexity index is 1120. The third-order valence-corrected chi connectivity index (χ3v) is 7.82. The number of aliphatic hydroxyl groups excluding tert-OH is 1. The highest BCUT2D eigenvalue weighted by Gasteiger charge is 2.44. The van der Waals surface area contributed by atoms with Gasteiger partial charge in [0.1, 0.15) is 18.7 Å². The lowest BCUT2D eigenvalue weighted by Crippen LogP contribution is -2.58. The molecule has 1 aliphatic heterocycles. The molecule has 9 nitrogen and oxygen atoms in total. The van der Waals surface area contributed by atoms with Gasteiger partial charge in [0.25, 0.3) is 0 Å². The Hall–Kier alpha value is -2.34. The number of carbonyl (C=O) groups excluding carboxylic acids is 3. The van der Waals surface area contributed by atoms with Crippen molar-refractivity contribution in [3.63, 3.8) is 0 Å². The number of aromatic nitrogens is 1. The summed E-state index contributed by atoms with van der Waals surface area (Å²) in [7, 11) is 0. The summed E-state index contributed by atoms with van der Waals surface area (Å²) in [6.07, 6.45) is -0.696. The quantitative estimate of drug-likeness (QED) is 0.281. The van der Waals surface area contributed by atoms with Crippen molar-refractivity contribution in [2.75, 3.05) is 25.1 Å². The van der Waals surface area contributed by atoms with Gasteiger partial charge in [-0.2, -0.15) is 0 Å². The number of hydrogen-bond acceptors (Lipinski definition) is 7. The lowest BCUT2D eigenvalue weighted by molar-refractivity contribution is -0.144. The molecule has 1 aliphatic rings. The Kier molecular flexibility index (Phi) is 10.4. The highest BCUT2D eigenvalue weighted by Crippen LogP contribution is 2.29. The highest BCUT2D eigenvalue weighted by molar-refractivity contribution is 9.09. The van der Waals surface area contributed by atoms with Crippen LogP contribution in [0.5, 0.6) is 0 Å². The second kappa shape index (κ2) is 13.1. The summed E-state index contributed by atoms with van der Waals surface area (Å²) in [5, 5.41) is 16.7.